The van der Waals surface area contributed by atoms with Crippen LogP contribution in [0.25, 0.3) is 11.4 Å². The molecule has 2 aromatic rings. The normalized spacial score (nSPS) is 25.9. The summed E-state index contributed by atoms with van der Waals surface area (Å²) >= 11 is 0. The summed E-state index contributed by atoms with van der Waals surface area (Å²) in [4.78, 5) is 4.47. The van der Waals surface area contributed by atoms with Gasteiger partial charge in [0.25, 0.3) is 5.95 Å². The van der Waals surface area contributed by atoms with Gasteiger partial charge < -0.3 is 4.74 Å². The van der Waals surface area contributed by atoms with Gasteiger partial charge in [-0.1, -0.05) is 30.3 Å². The summed E-state index contributed by atoms with van der Waals surface area (Å²) in [6.07, 6.45) is 1.47. The second-order valence-corrected chi connectivity index (χ2v) is 4.98. The molecule has 0 saturated carbocycles. The third-order valence-electron chi connectivity index (χ3n) is 3.68. The third kappa shape index (κ3) is 1.98. The summed E-state index contributed by atoms with van der Waals surface area (Å²) in [6.45, 7) is 1.70. The minimum Gasteiger partial charge on any atom is -0.375 e. The van der Waals surface area contributed by atoms with E-state index in [1.165, 1.54) is 0 Å². The quantitative estimate of drug-likeness (QED) is 0.867. The zero-order valence-electron chi connectivity index (χ0n) is 10.4. The summed E-state index contributed by atoms with van der Waals surface area (Å²) in [6, 6.07) is 10.4. The number of nitrogens with one attached hydrogen (secondary N) is 2. The Morgan fingerprint density at radius 1 is 1.32 bits per heavy atom. The third-order valence-corrected chi connectivity index (χ3v) is 3.68. The minimum atomic E-state index is 0.366. The zero-order valence-corrected chi connectivity index (χ0v) is 10.4. The van der Waals surface area contributed by atoms with Gasteiger partial charge in [0.05, 0.1) is 18.8 Å². The maximum absolute atomic E-state index is 5.56. The standard InChI is InChI=1S/C13H15N5O/c1-2-4-9(5-3-1)12-14-13(16-15-12)17-18-7-11-6-10(18)8-19-11/h1-5,10-11H,6-8H2,(H2,14,15,16,17). The van der Waals surface area contributed by atoms with Crippen molar-refractivity contribution in [3.05, 3.63) is 30.3 Å². The highest BCUT2D eigenvalue weighted by Gasteiger charge is 2.39. The van der Waals surface area contributed by atoms with E-state index in [9.17, 15) is 0 Å². The van der Waals surface area contributed by atoms with Gasteiger partial charge in [0, 0.05) is 12.1 Å². The molecule has 2 aliphatic heterocycles. The number of ether oxygens (including phenoxy) is 1. The summed E-state index contributed by atoms with van der Waals surface area (Å²) in [5.41, 5.74) is 4.30. The molecule has 2 bridgehead atoms. The van der Waals surface area contributed by atoms with Crippen molar-refractivity contribution in [3.63, 3.8) is 0 Å². The number of aromatic nitrogens is 3. The summed E-state index contributed by atoms with van der Waals surface area (Å²) in [5.74, 6) is 1.40. The molecule has 2 aliphatic rings. The number of benzene rings is 1. The van der Waals surface area contributed by atoms with Crippen LogP contribution in [-0.4, -0.2) is 45.5 Å². The molecule has 6 heteroatoms. The van der Waals surface area contributed by atoms with E-state index >= 15 is 0 Å². The number of anilines is 1. The van der Waals surface area contributed by atoms with Crippen molar-refractivity contribution in [1.82, 2.24) is 20.2 Å². The number of hydrazine groups is 1. The lowest BCUT2D eigenvalue weighted by Crippen LogP contribution is -2.41. The van der Waals surface area contributed by atoms with Crippen LogP contribution in [0.15, 0.2) is 30.3 Å². The first-order valence-electron chi connectivity index (χ1n) is 6.51. The molecule has 19 heavy (non-hydrogen) atoms. The highest BCUT2D eigenvalue weighted by atomic mass is 16.5. The van der Waals surface area contributed by atoms with Gasteiger partial charge in [0.2, 0.25) is 0 Å². The van der Waals surface area contributed by atoms with Gasteiger partial charge in [-0.2, -0.15) is 4.98 Å². The molecule has 0 spiro atoms. The first kappa shape index (κ1) is 11.0. The lowest BCUT2D eigenvalue weighted by atomic mass is 10.2. The first-order chi connectivity index (χ1) is 9.38. The predicted octanol–water partition coefficient (Wildman–Crippen LogP) is 1.27. The number of hydrogen-bond donors (Lipinski definition) is 2. The Hall–Kier alpha value is -1.92. The highest BCUT2D eigenvalue weighted by Crippen LogP contribution is 2.27. The van der Waals surface area contributed by atoms with E-state index in [0.717, 1.165) is 31.0 Å². The van der Waals surface area contributed by atoms with Crippen LogP contribution >= 0.6 is 0 Å². The fraction of sp³-hybridized carbons (Fsp3) is 0.385. The second-order valence-electron chi connectivity index (χ2n) is 4.98. The first-order valence-corrected chi connectivity index (χ1v) is 6.51. The van der Waals surface area contributed by atoms with Crippen LogP contribution in [-0.2, 0) is 4.74 Å². The Balaban J connectivity index is 1.50. The molecule has 0 radical (unpaired) electrons. The lowest BCUT2D eigenvalue weighted by Gasteiger charge is -2.26. The van der Waals surface area contributed by atoms with Gasteiger partial charge in [-0.05, 0) is 6.42 Å². The Bertz CT molecular complexity index is 569. The van der Waals surface area contributed by atoms with Crippen LogP contribution in [0.1, 0.15) is 6.42 Å². The molecule has 3 heterocycles. The van der Waals surface area contributed by atoms with Gasteiger partial charge in [0.15, 0.2) is 5.82 Å². The molecule has 1 aromatic carbocycles. The number of morpholine rings is 1. The van der Waals surface area contributed by atoms with Crippen LogP contribution in [0.2, 0.25) is 0 Å². The van der Waals surface area contributed by atoms with Crippen LogP contribution in [0.5, 0.6) is 0 Å². The molecule has 6 nitrogen and oxygen atoms in total. The lowest BCUT2D eigenvalue weighted by molar-refractivity contribution is 0.0407. The second kappa shape index (κ2) is 4.32. The van der Waals surface area contributed by atoms with Crippen molar-refractivity contribution in [2.24, 2.45) is 0 Å². The highest BCUT2D eigenvalue weighted by molar-refractivity contribution is 5.55. The molecule has 2 atom stereocenters. The van der Waals surface area contributed by atoms with E-state index in [0.29, 0.717) is 18.1 Å². The molecule has 0 amide bonds. The molecule has 1 aromatic heterocycles. The van der Waals surface area contributed by atoms with E-state index in [1.54, 1.807) is 0 Å². The smallest absolute Gasteiger partial charge is 0.256 e. The van der Waals surface area contributed by atoms with Crippen LogP contribution in [0.4, 0.5) is 5.95 Å². The average molecular weight is 257 g/mol. The van der Waals surface area contributed by atoms with Gasteiger partial charge in [-0.25, -0.2) is 5.01 Å². The topological polar surface area (TPSA) is 66.1 Å². The molecule has 2 N–H and O–H groups in total. The van der Waals surface area contributed by atoms with Gasteiger partial charge >= 0.3 is 0 Å². The molecule has 2 unspecified atom stereocenters. The van der Waals surface area contributed by atoms with Crippen molar-refractivity contribution < 1.29 is 4.74 Å². The fourth-order valence-electron chi connectivity index (χ4n) is 2.70. The Labute approximate surface area is 110 Å². The van der Waals surface area contributed by atoms with Crippen molar-refractivity contribution in [3.8, 4) is 11.4 Å². The van der Waals surface area contributed by atoms with Crippen LogP contribution in [0.3, 0.4) is 0 Å². The van der Waals surface area contributed by atoms with E-state index in [2.05, 4.69) is 25.6 Å². The number of hydrogen-bond acceptors (Lipinski definition) is 5. The van der Waals surface area contributed by atoms with E-state index in [1.807, 2.05) is 30.3 Å². The average Bonchev–Trinajstić information content (AvgIpc) is 3.16. The molecule has 2 saturated heterocycles. The number of nitrogens with zero attached hydrogens (tertiary/aromatic N) is 3. The molecular weight excluding hydrogens is 242 g/mol. The van der Waals surface area contributed by atoms with E-state index < -0.39 is 0 Å². The molecule has 0 aliphatic carbocycles. The van der Waals surface area contributed by atoms with Crippen molar-refractivity contribution in [2.75, 3.05) is 18.6 Å². The van der Waals surface area contributed by atoms with Gasteiger partial charge in [-0.15, -0.1) is 5.10 Å². The summed E-state index contributed by atoms with van der Waals surface area (Å²) in [7, 11) is 0. The maximum Gasteiger partial charge on any atom is 0.256 e. The minimum absolute atomic E-state index is 0.366. The molecule has 98 valence electrons. The molecule has 4 rings (SSSR count). The number of rotatable bonds is 3. The van der Waals surface area contributed by atoms with Gasteiger partial charge in [-0.3, -0.25) is 10.5 Å². The van der Waals surface area contributed by atoms with Crippen LogP contribution < -0.4 is 5.43 Å². The van der Waals surface area contributed by atoms with Crippen LogP contribution in [0, 0.1) is 0 Å². The van der Waals surface area contributed by atoms with E-state index in [-0.39, 0.29) is 0 Å². The summed E-state index contributed by atoms with van der Waals surface area (Å²) in [5, 5.41) is 9.34. The van der Waals surface area contributed by atoms with Crippen molar-refractivity contribution in [1.29, 1.82) is 0 Å². The maximum atomic E-state index is 5.56. The van der Waals surface area contributed by atoms with Crippen molar-refractivity contribution in [2.45, 2.75) is 18.6 Å². The fourth-order valence-corrected chi connectivity index (χ4v) is 2.70. The number of fused-ring (bicyclic) bond motifs is 2. The monoisotopic (exact) mass is 257 g/mol. The Kier molecular flexibility index (Phi) is 2.49. The molecular formula is C13H15N5O. The number of H-pyrrole nitrogens is 1. The predicted molar refractivity (Wildman–Crippen MR) is 70.3 cm³/mol. The van der Waals surface area contributed by atoms with Crippen molar-refractivity contribution >= 4 is 5.95 Å². The summed E-state index contributed by atoms with van der Waals surface area (Å²) < 4.78 is 5.56. The Morgan fingerprint density at radius 3 is 2.95 bits per heavy atom. The Morgan fingerprint density at radius 2 is 2.21 bits per heavy atom. The number of aromatic amines is 1. The SMILES string of the molecule is c1ccc(-c2nc(NN3CC4CC3CO4)n[nH]2)cc1. The van der Waals surface area contributed by atoms with Gasteiger partial charge in [0.1, 0.15) is 0 Å². The molecule has 2 fully saturated rings. The zero-order chi connectivity index (χ0) is 12.7. The largest absolute Gasteiger partial charge is 0.375 e. The van der Waals surface area contributed by atoms with E-state index in [4.69, 9.17) is 4.74 Å².